The summed E-state index contributed by atoms with van der Waals surface area (Å²) in [6.07, 6.45) is -0.0757. The normalized spacial score (nSPS) is 15.4. The number of nitrogens with one attached hydrogen (secondary N) is 1. The van der Waals surface area contributed by atoms with Crippen LogP contribution in [-0.2, 0) is 9.59 Å². The smallest absolute Gasteiger partial charge is 0.268 e. The summed E-state index contributed by atoms with van der Waals surface area (Å²) in [5.74, 6) is 0.142. The summed E-state index contributed by atoms with van der Waals surface area (Å²) in [6, 6.07) is 11.5. The summed E-state index contributed by atoms with van der Waals surface area (Å²) in [4.78, 5) is 32.1. The van der Waals surface area contributed by atoms with Crippen LogP contribution < -0.4 is 15.0 Å². The van der Waals surface area contributed by atoms with Gasteiger partial charge in [0.2, 0.25) is 5.91 Å². The van der Waals surface area contributed by atoms with Crippen LogP contribution in [-0.4, -0.2) is 29.4 Å². The minimum atomic E-state index is -0.604. The SMILES string of the molecule is CCC1Oc2ccc(-c3csc(C)n3)cc2N(CC(=O)Nc2c(C)cccc2C)C1=O. The van der Waals surface area contributed by atoms with Gasteiger partial charge in [-0.05, 0) is 56.5 Å². The Morgan fingerprint density at radius 3 is 2.58 bits per heavy atom. The highest BCUT2D eigenvalue weighted by Gasteiger charge is 2.35. The third-order valence-electron chi connectivity index (χ3n) is 5.39. The van der Waals surface area contributed by atoms with Gasteiger partial charge in [0.1, 0.15) is 12.3 Å². The van der Waals surface area contributed by atoms with Gasteiger partial charge < -0.3 is 10.1 Å². The number of anilines is 2. The first-order valence-corrected chi connectivity index (χ1v) is 11.2. The number of fused-ring (bicyclic) bond motifs is 1. The molecular weight excluding hydrogens is 410 g/mol. The maximum Gasteiger partial charge on any atom is 0.268 e. The van der Waals surface area contributed by atoms with Crippen LogP contribution in [0.5, 0.6) is 5.75 Å². The average molecular weight is 436 g/mol. The summed E-state index contributed by atoms with van der Waals surface area (Å²) >= 11 is 1.57. The number of rotatable bonds is 5. The maximum atomic E-state index is 13.1. The van der Waals surface area contributed by atoms with E-state index in [2.05, 4.69) is 10.3 Å². The van der Waals surface area contributed by atoms with Crippen LogP contribution in [0.25, 0.3) is 11.3 Å². The zero-order valence-corrected chi connectivity index (χ0v) is 18.9. The van der Waals surface area contributed by atoms with Crippen molar-refractivity contribution < 1.29 is 14.3 Å². The van der Waals surface area contributed by atoms with Crippen LogP contribution in [0.2, 0.25) is 0 Å². The molecule has 0 radical (unpaired) electrons. The van der Waals surface area contributed by atoms with Crippen LogP contribution in [0.3, 0.4) is 0 Å². The van der Waals surface area contributed by atoms with Crippen LogP contribution in [0.15, 0.2) is 41.8 Å². The van der Waals surface area contributed by atoms with Gasteiger partial charge in [0.15, 0.2) is 6.10 Å². The molecule has 1 atom stereocenters. The number of amides is 2. The first-order valence-electron chi connectivity index (χ1n) is 10.3. The van der Waals surface area contributed by atoms with Gasteiger partial charge in [-0.2, -0.15) is 0 Å². The van der Waals surface area contributed by atoms with Crippen LogP contribution in [0.4, 0.5) is 11.4 Å². The summed E-state index contributed by atoms with van der Waals surface area (Å²) in [5, 5.41) is 5.93. The number of aromatic nitrogens is 1. The number of nitrogens with zero attached hydrogens (tertiary/aromatic N) is 2. The first kappa shape index (κ1) is 21.1. The van der Waals surface area contributed by atoms with Crippen LogP contribution in [0, 0.1) is 20.8 Å². The fourth-order valence-electron chi connectivity index (χ4n) is 3.73. The Balaban J connectivity index is 1.66. The quantitative estimate of drug-likeness (QED) is 0.620. The molecule has 1 unspecified atom stereocenters. The van der Waals surface area contributed by atoms with Crippen molar-refractivity contribution in [3.63, 3.8) is 0 Å². The standard InChI is InChI=1S/C24H25N3O3S/c1-5-20-24(29)27(12-22(28)26-23-14(2)7-6-8-15(23)3)19-11-17(9-10-21(19)30-20)18-13-31-16(4)25-18/h6-11,13,20H,5,12H2,1-4H3,(H,26,28). The molecule has 7 heteroatoms. The number of para-hydroxylation sites is 1. The van der Waals surface area contributed by atoms with Gasteiger partial charge in [0.05, 0.1) is 16.4 Å². The fraction of sp³-hybridized carbons (Fsp3) is 0.292. The lowest BCUT2D eigenvalue weighted by molar-refractivity contribution is -0.128. The molecular formula is C24H25N3O3S. The fourth-order valence-corrected chi connectivity index (χ4v) is 4.36. The Hall–Kier alpha value is -3.19. The second kappa shape index (κ2) is 8.51. The number of carbonyl (C=O) groups is 2. The minimum Gasteiger partial charge on any atom is -0.478 e. The molecule has 0 aliphatic carbocycles. The topological polar surface area (TPSA) is 71.5 Å². The molecule has 0 saturated heterocycles. The van der Waals surface area contributed by atoms with E-state index >= 15 is 0 Å². The van der Waals surface area contributed by atoms with E-state index < -0.39 is 6.10 Å². The molecule has 2 heterocycles. The molecule has 3 aromatic rings. The van der Waals surface area contributed by atoms with E-state index in [1.54, 1.807) is 11.3 Å². The number of ether oxygens (including phenoxy) is 1. The molecule has 0 spiro atoms. The summed E-state index contributed by atoms with van der Waals surface area (Å²) in [6.45, 7) is 7.67. The predicted molar refractivity (Wildman–Crippen MR) is 124 cm³/mol. The highest BCUT2D eigenvalue weighted by Crippen LogP contribution is 2.38. The van der Waals surface area contributed by atoms with Gasteiger partial charge in [-0.25, -0.2) is 4.98 Å². The molecule has 2 amide bonds. The molecule has 0 fully saturated rings. The lowest BCUT2D eigenvalue weighted by Crippen LogP contribution is -2.48. The van der Waals surface area contributed by atoms with Crippen molar-refractivity contribution in [2.75, 3.05) is 16.8 Å². The molecule has 6 nitrogen and oxygen atoms in total. The third-order valence-corrected chi connectivity index (χ3v) is 6.17. The molecule has 160 valence electrons. The number of hydrogen-bond donors (Lipinski definition) is 1. The Morgan fingerprint density at radius 1 is 1.19 bits per heavy atom. The van der Waals surface area contributed by atoms with E-state index in [-0.39, 0.29) is 18.4 Å². The van der Waals surface area contributed by atoms with E-state index in [1.165, 1.54) is 4.90 Å². The maximum absolute atomic E-state index is 13.1. The Kier molecular flexibility index (Phi) is 5.78. The van der Waals surface area contributed by atoms with Crippen molar-refractivity contribution in [2.45, 2.75) is 40.2 Å². The van der Waals surface area contributed by atoms with Crippen molar-refractivity contribution in [1.29, 1.82) is 0 Å². The summed E-state index contributed by atoms with van der Waals surface area (Å²) in [7, 11) is 0. The monoisotopic (exact) mass is 435 g/mol. The van der Waals surface area contributed by atoms with Crippen LogP contribution in [0.1, 0.15) is 29.5 Å². The van der Waals surface area contributed by atoms with E-state index in [0.717, 1.165) is 33.1 Å². The molecule has 2 aromatic carbocycles. The largest absolute Gasteiger partial charge is 0.478 e. The highest BCUT2D eigenvalue weighted by molar-refractivity contribution is 7.09. The molecule has 4 rings (SSSR count). The number of thiazole rings is 1. The van der Waals surface area contributed by atoms with Crippen molar-refractivity contribution in [3.8, 4) is 17.0 Å². The van der Waals surface area contributed by atoms with Crippen LogP contribution >= 0.6 is 11.3 Å². The number of benzene rings is 2. The molecule has 0 bridgehead atoms. The first-order chi connectivity index (χ1) is 14.9. The van der Waals surface area contributed by atoms with E-state index in [1.807, 2.05) is 69.5 Å². The Labute approximate surface area is 185 Å². The van der Waals surface area contributed by atoms with Gasteiger partial charge in [-0.3, -0.25) is 14.5 Å². The molecule has 1 N–H and O–H groups in total. The summed E-state index contributed by atoms with van der Waals surface area (Å²) < 4.78 is 5.92. The molecule has 0 saturated carbocycles. The van der Waals surface area contributed by atoms with E-state index in [4.69, 9.17) is 4.74 Å². The third kappa shape index (κ3) is 4.18. The molecule has 1 aliphatic heterocycles. The Bertz CT molecular complexity index is 1130. The molecule has 1 aromatic heterocycles. The second-order valence-corrected chi connectivity index (χ2v) is 8.75. The van der Waals surface area contributed by atoms with Crippen molar-refractivity contribution in [2.24, 2.45) is 0 Å². The van der Waals surface area contributed by atoms with Gasteiger partial charge in [-0.15, -0.1) is 11.3 Å². The van der Waals surface area contributed by atoms with Gasteiger partial charge in [0, 0.05) is 16.6 Å². The molecule has 31 heavy (non-hydrogen) atoms. The number of carbonyl (C=O) groups excluding carboxylic acids is 2. The second-order valence-electron chi connectivity index (χ2n) is 7.69. The minimum absolute atomic E-state index is 0.0843. The Morgan fingerprint density at radius 2 is 1.94 bits per heavy atom. The van der Waals surface area contributed by atoms with Crippen molar-refractivity contribution in [3.05, 3.63) is 57.9 Å². The lowest BCUT2D eigenvalue weighted by atomic mass is 10.1. The van der Waals surface area contributed by atoms with E-state index in [9.17, 15) is 9.59 Å². The molecule has 1 aliphatic rings. The van der Waals surface area contributed by atoms with Gasteiger partial charge in [0.25, 0.3) is 5.91 Å². The average Bonchev–Trinajstić information content (AvgIpc) is 3.18. The number of hydrogen-bond acceptors (Lipinski definition) is 5. The van der Waals surface area contributed by atoms with Gasteiger partial charge >= 0.3 is 0 Å². The highest BCUT2D eigenvalue weighted by atomic mass is 32.1. The summed E-state index contributed by atoms with van der Waals surface area (Å²) in [5.41, 5.74) is 5.07. The zero-order chi connectivity index (χ0) is 22.1. The zero-order valence-electron chi connectivity index (χ0n) is 18.1. The predicted octanol–water partition coefficient (Wildman–Crippen LogP) is 4.88. The van der Waals surface area contributed by atoms with Gasteiger partial charge in [-0.1, -0.05) is 25.1 Å². The number of aryl methyl sites for hydroxylation is 3. The van der Waals surface area contributed by atoms with Crippen molar-refractivity contribution >= 4 is 34.5 Å². The lowest BCUT2D eigenvalue weighted by Gasteiger charge is -2.34. The van der Waals surface area contributed by atoms with Crippen molar-refractivity contribution in [1.82, 2.24) is 4.98 Å². The van der Waals surface area contributed by atoms with E-state index in [0.29, 0.717) is 17.9 Å².